The summed E-state index contributed by atoms with van der Waals surface area (Å²) in [5.74, 6) is 0.571. The predicted molar refractivity (Wildman–Crippen MR) is 79.3 cm³/mol. The molecular formula is C17H20FNO. The standard InChI is InChI=1S/C17H20FNO/c1-11-4-7-16(13(3)19)17(8-11)20-10-14-5-6-15(18)9-12(14)2/h4-9,13H,10,19H2,1-3H3/t13-/m0/s1. The largest absolute Gasteiger partial charge is 0.489 e. The van der Waals surface area contributed by atoms with Gasteiger partial charge in [0.25, 0.3) is 0 Å². The van der Waals surface area contributed by atoms with E-state index in [1.165, 1.54) is 12.1 Å². The van der Waals surface area contributed by atoms with Gasteiger partial charge in [0, 0.05) is 11.6 Å². The fourth-order valence-electron chi connectivity index (χ4n) is 2.12. The van der Waals surface area contributed by atoms with Crippen LogP contribution in [-0.4, -0.2) is 0 Å². The van der Waals surface area contributed by atoms with Crippen molar-refractivity contribution in [1.82, 2.24) is 0 Å². The highest BCUT2D eigenvalue weighted by molar-refractivity contribution is 5.39. The first kappa shape index (κ1) is 14.5. The summed E-state index contributed by atoms with van der Waals surface area (Å²) in [6, 6.07) is 10.6. The highest BCUT2D eigenvalue weighted by Gasteiger charge is 2.09. The molecule has 0 heterocycles. The third-order valence-electron chi connectivity index (χ3n) is 3.35. The van der Waals surface area contributed by atoms with Crippen LogP contribution < -0.4 is 10.5 Å². The molecule has 0 aliphatic heterocycles. The molecular weight excluding hydrogens is 253 g/mol. The van der Waals surface area contributed by atoms with Crippen molar-refractivity contribution in [3.63, 3.8) is 0 Å². The van der Waals surface area contributed by atoms with Gasteiger partial charge in [-0.3, -0.25) is 0 Å². The monoisotopic (exact) mass is 273 g/mol. The molecule has 0 fully saturated rings. The van der Waals surface area contributed by atoms with Crippen LogP contribution in [0.15, 0.2) is 36.4 Å². The van der Waals surface area contributed by atoms with E-state index < -0.39 is 0 Å². The van der Waals surface area contributed by atoms with Crippen LogP contribution >= 0.6 is 0 Å². The number of nitrogens with two attached hydrogens (primary N) is 1. The summed E-state index contributed by atoms with van der Waals surface area (Å²) < 4.78 is 19.0. The van der Waals surface area contributed by atoms with Crippen LogP contribution in [0.3, 0.4) is 0 Å². The van der Waals surface area contributed by atoms with E-state index in [9.17, 15) is 4.39 Å². The van der Waals surface area contributed by atoms with Gasteiger partial charge in [-0.15, -0.1) is 0 Å². The lowest BCUT2D eigenvalue weighted by molar-refractivity contribution is 0.300. The smallest absolute Gasteiger partial charge is 0.124 e. The lowest BCUT2D eigenvalue weighted by atomic mass is 10.1. The molecule has 2 nitrogen and oxygen atoms in total. The quantitative estimate of drug-likeness (QED) is 0.912. The van der Waals surface area contributed by atoms with Gasteiger partial charge >= 0.3 is 0 Å². The summed E-state index contributed by atoms with van der Waals surface area (Å²) in [4.78, 5) is 0. The van der Waals surface area contributed by atoms with E-state index in [4.69, 9.17) is 10.5 Å². The third-order valence-corrected chi connectivity index (χ3v) is 3.35. The van der Waals surface area contributed by atoms with Gasteiger partial charge in [0.05, 0.1) is 0 Å². The maximum absolute atomic E-state index is 13.1. The molecule has 2 aromatic rings. The minimum atomic E-state index is -0.224. The average Bonchev–Trinajstić information content (AvgIpc) is 2.37. The van der Waals surface area contributed by atoms with E-state index in [1.807, 2.05) is 39.0 Å². The Morgan fingerprint density at radius 1 is 1.15 bits per heavy atom. The molecule has 0 aliphatic rings. The van der Waals surface area contributed by atoms with Gasteiger partial charge in [0.2, 0.25) is 0 Å². The zero-order valence-electron chi connectivity index (χ0n) is 12.1. The lowest BCUT2D eigenvalue weighted by Crippen LogP contribution is -2.08. The highest BCUT2D eigenvalue weighted by Crippen LogP contribution is 2.26. The molecule has 0 amide bonds. The predicted octanol–water partition coefficient (Wildman–Crippen LogP) is 4.04. The second-order valence-corrected chi connectivity index (χ2v) is 5.19. The molecule has 0 aliphatic carbocycles. The van der Waals surface area contributed by atoms with Crippen LogP contribution in [0.2, 0.25) is 0 Å². The minimum Gasteiger partial charge on any atom is -0.489 e. The molecule has 20 heavy (non-hydrogen) atoms. The molecule has 0 saturated heterocycles. The van der Waals surface area contributed by atoms with Crippen molar-refractivity contribution in [2.24, 2.45) is 5.73 Å². The summed E-state index contributed by atoms with van der Waals surface area (Å²) in [7, 11) is 0. The van der Waals surface area contributed by atoms with E-state index in [0.717, 1.165) is 28.0 Å². The summed E-state index contributed by atoms with van der Waals surface area (Å²) in [5, 5.41) is 0. The summed E-state index contributed by atoms with van der Waals surface area (Å²) in [5.41, 5.74) is 9.93. The summed E-state index contributed by atoms with van der Waals surface area (Å²) in [6.45, 7) is 6.24. The van der Waals surface area contributed by atoms with E-state index in [0.29, 0.717) is 6.61 Å². The molecule has 0 radical (unpaired) electrons. The molecule has 1 atom stereocenters. The number of aryl methyl sites for hydroxylation is 2. The molecule has 0 bridgehead atoms. The highest BCUT2D eigenvalue weighted by atomic mass is 19.1. The topological polar surface area (TPSA) is 35.2 Å². The second kappa shape index (κ2) is 6.06. The Hall–Kier alpha value is -1.87. The molecule has 0 spiro atoms. The van der Waals surface area contributed by atoms with Crippen LogP contribution in [0.4, 0.5) is 4.39 Å². The second-order valence-electron chi connectivity index (χ2n) is 5.19. The van der Waals surface area contributed by atoms with Crippen molar-refractivity contribution in [3.8, 4) is 5.75 Å². The molecule has 0 unspecified atom stereocenters. The molecule has 2 aromatic carbocycles. The van der Waals surface area contributed by atoms with Gasteiger partial charge in [-0.05, 0) is 55.7 Å². The van der Waals surface area contributed by atoms with Gasteiger partial charge in [-0.2, -0.15) is 0 Å². The first-order valence-electron chi connectivity index (χ1n) is 6.71. The zero-order valence-corrected chi connectivity index (χ0v) is 12.1. The molecule has 0 aromatic heterocycles. The van der Waals surface area contributed by atoms with Crippen molar-refractivity contribution in [1.29, 1.82) is 0 Å². The third kappa shape index (κ3) is 3.36. The Morgan fingerprint density at radius 3 is 2.55 bits per heavy atom. The Bertz CT molecular complexity index is 608. The fraction of sp³-hybridized carbons (Fsp3) is 0.294. The number of hydrogen-bond donors (Lipinski definition) is 1. The maximum Gasteiger partial charge on any atom is 0.124 e. The van der Waals surface area contributed by atoms with Gasteiger partial charge < -0.3 is 10.5 Å². The van der Waals surface area contributed by atoms with Gasteiger partial charge in [-0.25, -0.2) is 4.39 Å². The average molecular weight is 273 g/mol. The minimum absolute atomic E-state index is 0.0834. The Labute approximate surface area is 119 Å². The van der Waals surface area contributed by atoms with E-state index in [1.54, 1.807) is 6.07 Å². The van der Waals surface area contributed by atoms with Crippen LogP contribution in [0.1, 0.15) is 35.2 Å². The van der Waals surface area contributed by atoms with E-state index >= 15 is 0 Å². The van der Waals surface area contributed by atoms with Gasteiger partial charge in [0.1, 0.15) is 18.2 Å². The zero-order chi connectivity index (χ0) is 14.7. The molecule has 3 heteroatoms. The molecule has 106 valence electrons. The van der Waals surface area contributed by atoms with Crippen molar-refractivity contribution in [3.05, 3.63) is 64.5 Å². The van der Waals surface area contributed by atoms with Crippen LogP contribution in [0.25, 0.3) is 0 Å². The maximum atomic E-state index is 13.1. The van der Waals surface area contributed by atoms with Gasteiger partial charge in [0.15, 0.2) is 0 Å². The van der Waals surface area contributed by atoms with Crippen molar-refractivity contribution < 1.29 is 9.13 Å². The molecule has 2 rings (SSSR count). The number of hydrogen-bond acceptors (Lipinski definition) is 2. The Morgan fingerprint density at radius 2 is 1.90 bits per heavy atom. The number of ether oxygens (including phenoxy) is 1. The van der Waals surface area contributed by atoms with Crippen molar-refractivity contribution in [2.75, 3.05) is 0 Å². The van der Waals surface area contributed by atoms with Crippen molar-refractivity contribution >= 4 is 0 Å². The summed E-state index contributed by atoms with van der Waals surface area (Å²) >= 11 is 0. The SMILES string of the molecule is Cc1ccc([C@H](C)N)c(OCc2ccc(F)cc2C)c1. The normalized spacial score (nSPS) is 12.2. The fourth-order valence-corrected chi connectivity index (χ4v) is 2.12. The number of halogens is 1. The van der Waals surface area contributed by atoms with E-state index in [2.05, 4.69) is 0 Å². The first-order chi connectivity index (χ1) is 9.47. The molecule has 2 N–H and O–H groups in total. The van der Waals surface area contributed by atoms with Crippen LogP contribution in [0.5, 0.6) is 5.75 Å². The van der Waals surface area contributed by atoms with Crippen molar-refractivity contribution in [2.45, 2.75) is 33.4 Å². The summed E-state index contributed by atoms with van der Waals surface area (Å²) in [6.07, 6.45) is 0. The number of rotatable bonds is 4. The van der Waals surface area contributed by atoms with Crippen LogP contribution in [-0.2, 0) is 6.61 Å². The Kier molecular flexibility index (Phi) is 4.40. The van der Waals surface area contributed by atoms with Crippen LogP contribution in [0, 0.1) is 19.7 Å². The van der Waals surface area contributed by atoms with Gasteiger partial charge in [-0.1, -0.05) is 18.2 Å². The molecule has 0 saturated carbocycles. The van der Waals surface area contributed by atoms with E-state index in [-0.39, 0.29) is 11.9 Å². The lowest BCUT2D eigenvalue weighted by Gasteiger charge is -2.15. The number of benzene rings is 2. The first-order valence-corrected chi connectivity index (χ1v) is 6.71. The Balaban J connectivity index is 2.20.